The Morgan fingerprint density at radius 2 is 1.86 bits per heavy atom. The maximum atomic E-state index is 11.7. The highest BCUT2D eigenvalue weighted by atomic mass is 16.5. The number of ether oxygens (including phenoxy) is 1. The third-order valence-corrected chi connectivity index (χ3v) is 2.95. The SMILES string of the molecule is CCCOC(=O)c1ccc(NC(=O)CCCCCN)cc1. The quantitative estimate of drug-likeness (QED) is 0.541. The Balaban J connectivity index is 2.39. The van der Waals surface area contributed by atoms with E-state index >= 15 is 0 Å². The van der Waals surface area contributed by atoms with E-state index in [0.29, 0.717) is 30.8 Å². The van der Waals surface area contributed by atoms with Crippen molar-refractivity contribution in [3.63, 3.8) is 0 Å². The molecule has 5 nitrogen and oxygen atoms in total. The largest absolute Gasteiger partial charge is 0.462 e. The average Bonchev–Trinajstić information content (AvgIpc) is 2.50. The zero-order chi connectivity index (χ0) is 15.5. The minimum atomic E-state index is -0.337. The number of rotatable bonds is 9. The van der Waals surface area contributed by atoms with Crippen molar-refractivity contribution in [2.75, 3.05) is 18.5 Å². The summed E-state index contributed by atoms with van der Waals surface area (Å²) in [5.74, 6) is -0.357. The predicted octanol–water partition coefficient (Wildman–Crippen LogP) is 2.71. The van der Waals surface area contributed by atoms with E-state index in [2.05, 4.69) is 5.32 Å². The second-order valence-electron chi connectivity index (χ2n) is 4.86. The molecule has 1 aromatic carbocycles. The molecule has 0 saturated carbocycles. The van der Waals surface area contributed by atoms with Gasteiger partial charge in [0.05, 0.1) is 12.2 Å². The summed E-state index contributed by atoms with van der Waals surface area (Å²) in [5, 5.41) is 2.81. The van der Waals surface area contributed by atoms with E-state index in [1.165, 1.54) is 0 Å². The predicted molar refractivity (Wildman–Crippen MR) is 83.2 cm³/mol. The summed E-state index contributed by atoms with van der Waals surface area (Å²) in [6.07, 6.45) is 4.03. The minimum Gasteiger partial charge on any atom is -0.462 e. The lowest BCUT2D eigenvalue weighted by atomic mass is 10.1. The number of esters is 1. The molecule has 0 bridgehead atoms. The van der Waals surface area contributed by atoms with Gasteiger partial charge in [-0.3, -0.25) is 4.79 Å². The van der Waals surface area contributed by atoms with Gasteiger partial charge in [-0.25, -0.2) is 4.79 Å². The normalized spacial score (nSPS) is 10.2. The van der Waals surface area contributed by atoms with Crippen molar-refractivity contribution in [3.05, 3.63) is 29.8 Å². The monoisotopic (exact) mass is 292 g/mol. The Bertz CT molecular complexity index is 443. The second-order valence-corrected chi connectivity index (χ2v) is 4.86. The first-order chi connectivity index (χ1) is 10.2. The van der Waals surface area contributed by atoms with Crippen molar-refractivity contribution in [1.82, 2.24) is 0 Å². The summed E-state index contributed by atoms with van der Waals surface area (Å²) < 4.78 is 5.04. The van der Waals surface area contributed by atoms with Crippen molar-refractivity contribution >= 4 is 17.6 Å². The number of carbonyl (C=O) groups is 2. The number of unbranched alkanes of at least 4 members (excludes halogenated alkanes) is 2. The van der Waals surface area contributed by atoms with Gasteiger partial charge in [0.25, 0.3) is 0 Å². The highest BCUT2D eigenvalue weighted by Crippen LogP contribution is 2.12. The molecule has 0 aromatic heterocycles. The zero-order valence-corrected chi connectivity index (χ0v) is 12.6. The summed E-state index contributed by atoms with van der Waals surface area (Å²) >= 11 is 0. The lowest BCUT2D eigenvalue weighted by Crippen LogP contribution is -2.12. The molecule has 3 N–H and O–H groups in total. The van der Waals surface area contributed by atoms with Crippen LogP contribution in [-0.4, -0.2) is 25.0 Å². The summed E-state index contributed by atoms with van der Waals surface area (Å²) in [7, 11) is 0. The summed E-state index contributed by atoms with van der Waals surface area (Å²) in [5.41, 5.74) is 6.58. The van der Waals surface area contributed by atoms with E-state index in [9.17, 15) is 9.59 Å². The van der Waals surface area contributed by atoms with Gasteiger partial charge in [0.15, 0.2) is 0 Å². The molecule has 0 saturated heterocycles. The van der Waals surface area contributed by atoms with Gasteiger partial charge in [-0.05, 0) is 50.1 Å². The minimum absolute atomic E-state index is 0.0201. The number of anilines is 1. The Morgan fingerprint density at radius 3 is 2.48 bits per heavy atom. The molecule has 0 radical (unpaired) electrons. The average molecular weight is 292 g/mol. The number of amides is 1. The van der Waals surface area contributed by atoms with Gasteiger partial charge in [-0.1, -0.05) is 13.3 Å². The molecule has 0 aliphatic rings. The first-order valence-corrected chi connectivity index (χ1v) is 7.44. The number of hydrogen-bond donors (Lipinski definition) is 2. The first kappa shape index (κ1) is 17.2. The Kier molecular flexibility index (Phi) is 8.12. The van der Waals surface area contributed by atoms with E-state index < -0.39 is 0 Å². The smallest absolute Gasteiger partial charge is 0.338 e. The number of nitrogens with one attached hydrogen (secondary N) is 1. The molecule has 0 atom stereocenters. The van der Waals surface area contributed by atoms with Crippen LogP contribution in [0, 0.1) is 0 Å². The molecule has 116 valence electrons. The third kappa shape index (κ3) is 6.90. The van der Waals surface area contributed by atoms with Crippen LogP contribution in [0.5, 0.6) is 0 Å². The molecule has 5 heteroatoms. The number of hydrogen-bond acceptors (Lipinski definition) is 4. The van der Waals surface area contributed by atoms with Gasteiger partial charge in [0.1, 0.15) is 0 Å². The van der Waals surface area contributed by atoms with Crippen LogP contribution in [0.25, 0.3) is 0 Å². The van der Waals surface area contributed by atoms with Gasteiger partial charge in [-0.2, -0.15) is 0 Å². The van der Waals surface area contributed by atoms with Crippen LogP contribution in [0.2, 0.25) is 0 Å². The Hall–Kier alpha value is -1.88. The summed E-state index contributed by atoms with van der Waals surface area (Å²) in [4.78, 5) is 23.3. The van der Waals surface area contributed by atoms with Crippen LogP contribution in [0.1, 0.15) is 49.4 Å². The first-order valence-electron chi connectivity index (χ1n) is 7.44. The van der Waals surface area contributed by atoms with E-state index in [0.717, 1.165) is 25.7 Å². The van der Waals surface area contributed by atoms with Crippen molar-refractivity contribution in [3.8, 4) is 0 Å². The summed E-state index contributed by atoms with van der Waals surface area (Å²) in [6.45, 7) is 3.02. The third-order valence-electron chi connectivity index (χ3n) is 2.95. The van der Waals surface area contributed by atoms with Crippen LogP contribution in [0.3, 0.4) is 0 Å². The number of benzene rings is 1. The van der Waals surface area contributed by atoms with Crippen molar-refractivity contribution in [2.45, 2.75) is 39.0 Å². The van der Waals surface area contributed by atoms with Crippen molar-refractivity contribution in [2.24, 2.45) is 5.73 Å². The Labute approximate surface area is 125 Å². The molecule has 0 fully saturated rings. The van der Waals surface area contributed by atoms with Crippen molar-refractivity contribution in [1.29, 1.82) is 0 Å². The molecule has 21 heavy (non-hydrogen) atoms. The fraction of sp³-hybridized carbons (Fsp3) is 0.500. The van der Waals surface area contributed by atoms with Crippen LogP contribution in [0.15, 0.2) is 24.3 Å². The molecular weight excluding hydrogens is 268 g/mol. The topological polar surface area (TPSA) is 81.4 Å². The van der Waals surface area contributed by atoms with Gasteiger partial charge in [0, 0.05) is 12.1 Å². The van der Waals surface area contributed by atoms with E-state index in [1.54, 1.807) is 24.3 Å². The van der Waals surface area contributed by atoms with Crippen LogP contribution >= 0.6 is 0 Å². The number of nitrogens with two attached hydrogens (primary N) is 1. The molecule has 1 rings (SSSR count). The standard InChI is InChI=1S/C16H24N2O3/c1-2-12-21-16(20)13-7-9-14(10-8-13)18-15(19)6-4-3-5-11-17/h7-10H,2-6,11-12,17H2,1H3,(H,18,19). The lowest BCUT2D eigenvalue weighted by molar-refractivity contribution is -0.116. The second kappa shape index (κ2) is 9.94. The highest BCUT2D eigenvalue weighted by Gasteiger charge is 2.07. The maximum absolute atomic E-state index is 11.7. The molecule has 0 unspecified atom stereocenters. The van der Waals surface area contributed by atoms with E-state index in [4.69, 9.17) is 10.5 Å². The molecule has 1 amide bonds. The fourth-order valence-electron chi connectivity index (χ4n) is 1.80. The van der Waals surface area contributed by atoms with Gasteiger partial charge in [0.2, 0.25) is 5.91 Å². The van der Waals surface area contributed by atoms with Crippen LogP contribution in [-0.2, 0) is 9.53 Å². The highest BCUT2D eigenvalue weighted by molar-refractivity contribution is 5.93. The van der Waals surface area contributed by atoms with Gasteiger partial charge >= 0.3 is 5.97 Å². The molecule has 0 heterocycles. The van der Waals surface area contributed by atoms with Crippen molar-refractivity contribution < 1.29 is 14.3 Å². The molecule has 0 spiro atoms. The van der Waals surface area contributed by atoms with Crippen LogP contribution < -0.4 is 11.1 Å². The van der Waals surface area contributed by atoms with Crippen LogP contribution in [0.4, 0.5) is 5.69 Å². The number of carbonyl (C=O) groups excluding carboxylic acids is 2. The van der Waals surface area contributed by atoms with Gasteiger partial charge in [-0.15, -0.1) is 0 Å². The summed E-state index contributed by atoms with van der Waals surface area (Å²) in [6, 6.07) is 6.73. The van der Waals surface area contributed by atoms with E-state index in [-0.39, 0.29) is 11.9 Å². The maximum Gasteiger partial charge on any atom is 0.338 e. The molecular formula is C16H24N2O3. The molecule has 0 aliphatic carbocycles. The molecule has 0 aliphatic heterocycles. The van der Waals surface area contributed by atoms with E-state index in [1.807, 2.05) is 6.92 Å². The fourth-order valence-corrected chi connectivity index (χ4v) is 1.80. The lowest BCUT2D eigenvalue weighted by Gasteiger charge is -2.07. The zero-order valence-electron chi connectivity index (χ0n) is 12.6. The Morgan fingerprint density at radius 1 is 1.14 bits per heavy atom. The molecule has 1 aromatic rings. The van der Waals surface area contributed by atoms with Gasteiger partial charge < -0.3 is 15.8 Å².